The van der Waals surface area contributed by atoms with Gasteiger partial charge in [0.25, 0.3) is 5.91 Å². The SMILES string of the molecule is O=C(NCCc1ccc(C2CC2)cc1)c1ccc(CN2CCCC2)cc1. The second-order valence-corrected chi connectivity index (χ2v) is 7.70. The van der Waals surface area contributed by atoms with Crippen molar-refractivity contribution in [2.45, 2.75) is 44.6 Å². The molecule has 26 heavy (non-hydrogen) atoms. The number of hydrogen-bond donors (Lipinski definition) is 1. The van der Waals surface area contributed by atoms with Crippen LogP contribution in [0, 0.1) is 0 Å². The van der Waals surface area contributed by atoms with Crippen LogP contribution in [0.1, 0.15) is 58.6 Å². The first kappa shape index (κ1) is 17.3. The molecule has 1 amide bonds. The minimum absolute atomic E-state index is 0.0207. The van der Waals surface area contributed by atoms with Crippen LogP contribution in [0.5, 0.6) is 0 Å². The van der Waals surface area contributed by atoms with Crippen molar-refractivity contribution < 1.29 is 4.79 Å². The third-order valence-electron chi connectivity index (χ3n) is 5.55. The zero-order chi connectivity index (χ0) is 17.8. The van der Waals surface area contributed by atoms with Gasteiger partial charge in [0.1, 0.15) is 0 Å². The maximum absolute atomic E-state index is 12.3. The lowest BCUT2D eigenvalue weighted by atomic mass is 10.1. The number of carbonyl (C=O) groups is 1. The van der Waals surface area contributed by atoms with Crippen molar-refractivity contribution in [3.8, 4) is 0 Å². The number of nitrogens with zero attached hydrogens (tertiary/aromatic N) is 1. The Morgan fingerprint density at radius 2 is 1.58 bits per heavy atom. The Balaban J connectivity index is 1.23. The molecule has 1 aliphatic carbocycles. The third kappa shape index (κ3) is 4.53. The Labute approximate surface area is 156 Å². The predicted molar refractivity (Wildman–Crippen MR) is 105 cm³/mol. The first-order valence-electron chi connectivity index (χ1n) is 9.96. The summed E-state index contributed by atoms with van der Waals surface area (Å²) in [5.41, 5.74) is 4.79. The third-order valence-corrected chi connectivity index (χ3v) is 5.55. The summed E-state index contributed by atoms with van der Waals surface area (Å²) in [6.45, 7) is 4.07. The second kappa shape index (κ2) is 8.05. The van der Waals surface area contributed by atoms with E-state index in [4.69, 9.17) is 0 Å². The first-order valence-corrected chi connectivity index (χ1v) is 9.96. The van der Waals surface area contributed by atoms with Crippen LogP contribution in [0.15, 0.2) is 48.5 Å². The Kier molecular flexibility index (Phi) is 5.35. The van der Waals surface area contributed by atoms with Crippen LogP contribution < -0.4 is 5.32 Å². The molecular weight excluding hydrogens is 320 g/mol. The van der Waals surface area contributed by atoms with Gasteiger partial charge < -0.3 is 5.32 Å². The molecule has 3 heteroatoms. The van der Waals surface area contributed by atoms with Gasteiger partial charge in [-0.3, -0.25) is 9.69 Å². The minimum atomic E-state index is 0.0207. The molecular formula is C23H28N2O. The van der Waals surface area contributed by atoms with Gasteiger partial charge in [0.2, 0.25) is 0 Å². The lowest BCUT2D eigenvalue weighted by Crippen LogP contribution is -2.25. The van der Waals surface area contributed by atoms with Gasteiger partial charge in [0.05, 0.1) is 0 Å². The van der Waals surface area contributed by atoms with Crippen molar-refractivity contribution in [1.82, 2.24) is 10.2 Å². The zero-order valence-electron chi connectivity index (χ0n) is 15.4. The van der Waals surface area contributed by atoms with E-state index < -0.39 is 0 Å². The summed E-state index contributed by atoms with van der Waals surface area (Å²) in [4.78, 5) is 14.8. The highest BCUT2D eigenvalue weighted by atomic mass is 16.1. The Hall–Kier alpha value is -2.13. The molecule has 2 aromatic rings. The molecule has 2 fully saturated rings. The highest BCUT2D eigenvalue weighted by Gasteiger charge is 2.22. The summed E-state index contributed by atoms with van der Waals surface area (Å²) in [6, 6.07) is 17.0. The molecule has 2 aromatic carbocycles. The smallest absolute Gasteiger partial charge is 0.251 e. The zero-order valence-corrected chi connectivity index (χ0v) is 15.4. The summed E-state index contributed by atoms with van der Waals surface area (Å²) in [5, 5.41) is 3.04. The van der Waals surface area contributed by atoms with E-state index in [9.17, 15) is 4.79 Å². The van der Waals surface area contributed by atoms with Gasteiger partial charge in [-0.05, 0) is 79.9 Å². The van der Waals surface area contributed by atoms with Gasteiger partial charge in [-0.15, -0.1) is 0 Å². The molecule has 1 heterocycles. The average molecular weight is 348 g/mol. The molecule has 1 saturated heterocycles. The minimum Gasteiger partial charge on any atom is -0.352 e. The number of carbonyl (C=O) groups excluding carboxylic acids is 1. The fraction of sp³-hybridized carbons (Fsp3) is 0.435. The van der Waals surface area contributed by atoms with Gasteiger partial charge in [0.15, 0.2) is 0 Å². The first-order chi connectivity index (χ1) is 12.8. The van der Waals surface area contributed by atoms with Crippen LogP contribution in [-0.4, -0.2) is 30.4 Å². The average Bonchev–Trinajstić information content (AvgIpc) is 3.40. The maximum atomic E-state index is 12.3. The van der Waals surface area contributed by atoms with E-state index in [-0.39, 0.29) is 5.91 Å². The Morgan fingerprint density at radius 3 is 2.23 bits per heavy atom. The second-order valence-electron chi connectivity index (χ2n) is 7.70. The highest BCUT2D eigenvalue weighted by molar-refractivity contribution is 5.94. The monoisotopic (exact) mass is 348 g/mol. The van der Waals surface area contributed by atoms with Crippen molar-refractivity contribution in [3.05, 3.63) is 70.8 Å². The van der Waals surface area contributed by atoms with E-state index in [2.05, 4.69) is 46.6 Å². The van der Waals surface area contributed by atoms with Crippen molar-refractivity contribution in [1.29, 1.82) is 0 Å². The summed E-state index contributed by atoms with van der Waals surface area (Å²) in [6.07, 6.45) is 6.18. The molecule has 0 unspecified atom stereocenters. The summed E-state index contributed by atoms with van der Waals surface area (Å²) < 4.78 is 0. The molecule has 0 radical (unpaired) electrons. The molecule has 136 valence electrons. The van der Waals surface area contributed by atoms with Crippen molar-refractivity contribution in [3.63, 3.8) is 0 Å². The van der Waals surface area contributed by atoms with Gasteiger partial charge in [-0.2, -0.15) is 0 Å². The molecule has 3 nitrogen and oxygen atoms in total. The predicted octanol–water partition coefficient (Wildman–Crippen LogP) is 4.13. The number of nitrogens with one attached hydrogen (secondary N) is 1. The lowest BCUT2D eigenvalue weighted by molar-refractivity contribution is 0.0954. The van der Waals surface area contributed by atoms with Crippen LogP contribution >= 0.6 is 0 Å². The lowest BCUT2D eigenvalue weighted by Gasteiger charge is -2.14. The number of hydrogen-bond acceptors (Lipinski definition) is 2. The van der Waals surface area contributed by atoms with Crippen molar-refractivity contribution in [2.24, 2.45) is 0 Å². The molecule has 1 N–H and O–H groups in total. The number of amides is 1. The van der Waals surface area contributed by atoms with Crippen LogP contribution in [-0.2, 0) is 13.0 Å². The number of rotatable bonds is 7. The van der Waals surface area contributed by atoms with Gasteiger partial charge in [-0.25, -0.2) is 0 Å². The Bertz CT molecular complexity index is 726. The van der Waals surface area contributed by atoms with E-state index in [1.54, 1.807) is 0 Å². The number of benzene rings is 2. The van der Waals surface area contributed by atoms with Crippen LogP contribution in [0.2, 0.25) is 0 Å². The van der Waals surface area contributed by atoms with Gasteiger partial charge in [0, 0.05) is 18.7 Å². The van der Waals surface area contributed by atoms with Crippen LogP contribution in [0.3, 0.4) is 0 Å². The fourth-order valence-electron chi connectivity index (χ4n) is 3.76. The molecule has 4 rings (SSSR count). The van der Waals surface area contributed by atoms with E-state index in [1.165, 1.54) is 55.5 Å². The molecule has 0 spiro atoms. The molecule has 0 atom stereocenters. The van der Waals surface area contributed by atoms with E-state index in [0.717, 1.165) is 24.4 Å². The summed E-state index contributed by atoms with van der Waals surface area (Å²) in [7, 11) is 0. The molecule has 2 aliphatic rings. The quantitative estimate of drug-likeness (QED) is 0.816. The Morgan fingerprint density at radius 1 is 0.923 bits per heavy atom. The summed E-state index contributed by atoms with van der Waals surface area (Å²) >= 11 is 0. The molecule has 0 bridgehead atoms. The van der Waals surface area contributed by atoms with Crippen molar-refractivity contribution >= 4 is 5.91 Å². The number of likely N-dealkylation sites (tertiary alicyclic amines) is 1. The standard InChI is InChI=1S/C23H28N2O/c26-23(22-9-5-19(6-10-22)17-25-15-1-2-16-25)24-14-13-18-3-7-20(8-4-18)21-11-12-21/h3-10,21H,1-2,11-17H2,(H,24,26). The maximum Gasteiger partial charge on any atom is 0.251 e. The van der Waals surface area contributed by atoms with E-state index >= 15 is 0 Å². The molecule has 1 saturated carbocycles. The van der Waals surface area contributed by atoms with Gasteiger partial charge in [-0.1, -0.05) is 36.4 Å². The topological polar surface area (TPSA) is 32.3 Å². The van der Waals surface area contributed by atoms with E-state index in [0.29, 0.717) is 6.54 Å². The molecule has 1 aliphatic heterocycles. The van der Waals surface area contributed by atoms with Crippen LogP contribution in [0.25, 0.3) is 0 Å². The van der Waals surface area contributed by atoms with E-state index in [1.807, 2.05) is 12.1 Å². The van der Waals surface area contributed by atoms with Crippen LogP contribution in [0.4, 0.5) is 0 Å². The normalized spacial score (nSPS) is 17.4. The fourth-order valence-corrected chi connectivity index (χ4v) is 3.76. The largest absolute Gasteiger partial charge is 0.352 e. The highest BCUT2D eigenvalue weighted by Crippen LogP contribution is 2.39. The van der Waals surface area contributed by atoms with Gasteiger partial charge >= 0.3 is 0 Å². The summed E-state index contributed by atoms with van der Waals surface area (Å²) in [5.74, 6) is 0.824. The molecule has 0 aromatic heterocycles. The van der Waals surface area contributed by atoms with Crippen molar-refractivity contribution in [2.75, 3.05) is 19.6 Å².